The second-order valence-electron chi connectivity index (χ2n) is 4.47. The van der Waals surface area contributed by atoms with Crippen LogP contribution in [0.5, 0.6) is 0 Å². The van der Waals surface area contributed by atoms with Gasteiger partial charge >= 0.3 is 11.9 Å². The molecule has 0 aromatic rings. The van der Waals surface area contributed by atoms with Crippen LogP contribution in [0.25, 0.3) is 0 Å². The van der Waals surface area contributed by atoms with E-state index in [0.29, 0.717) is 0 Å². The van der Waals surface area contributed by atoms with Crippen molar-refractivity contribution in [1.82, 2.24) is 0 Å². The SMILES string of the molecule is N[C@@H](CCP(=O)(O)[C@@H](O)C1CC1C(=O)O)C(=O)O. The largest absolute Gasteiger partial charge is 0.481 e. The van der Waals surface area contributed by atoms with Crippen LogP contribution < -0.4 is 5.73 Å². The van der Waals surface area contributed by atoms with Crippen LogP contribution in [-0.2, 0) is 14.2 Å². The first-order valence-corrected chi connectivity index (χ1v) is 7.29. The molecule has 9 heteroatoms. The van der Waals surface area contributed by atoms with E-state index in [9.17, 15) is 24.2 Å². The summed E-state index contributed by atoms with van der Waals surface area (Å²) in [5.41, 5.74) is 5.18. The molecule has 8 nitrogen and oxygen atoms in total. The van der Waals surface area contributed by atoms with Crippen LogP contribution in [0.4, 0.5) is 0 Å². The number of carboxylic acid groups (broad SMARTS) is 2. The summed E-state index contributed by atoms with van der Waals surface area (Å²) in [4.78, 5) is 30.6. The minimum Gasteiger partial charge on any atom is -0.481 e. The molecule has 1 rings (SSSR count). The second kappa shape index (κ2) is 5.36. The number of hydrogen-bond donors (Lipinski definition) is 5. The van der Waals surface area contributed by atoms with Gasteiger partial charge in [-0.3, -0.25) is 14.2 Å². The molecule has 1 fully saturated rings. The van der Waals surface area contributed by atoms with E-state index in [0.717, 1.165) is 0 Å². The van der Waals surface area contributed by atoms with Crippen molar-refractivity contribution in [2.75, 3.05) is 6.16 Å². The lowest BCUT2D eigenvalue weighted by Gasteiger charge is -2.18. The molecule has 104 valence electrons. The Morgan fingerprint density at radius 2 is 1.94 bits per heavy atom. The van der Waals surface area contributed by atoms with Crippen LogP contribution in [0.15, 0.2) is 0 Å². The van der Waals surface area contributed by atoms with Gasteiger partial charge < -0.3 is 25.9 Å². The van der Waals surface area contributed by atoms with Crippen molar-refractivity contribution in [3.63, 3.8) is 0 Å². The molecule has 0 radical (unpaired) electrons. The average molecular weight is 281 g/mol. The summed E-state index contributed by atoms with van der Waals surface area (Å²) >= 11 is 0. The van der Waals surface area contributed by atoms with Gasteiger partial charge in [-0.2, -0.15) is 0 Å². The summed E-state index contributed by atoms with van der Waals surface area (Å²) in [5, 5.41) is 26.8. The maximum absolute atomic E-state index is 11.8. The molecule has 0 heterocycles. The fourth-order valence-electron chi connectivity index (χ4n) is 1.71. The van der Waals surface area contributed by atoms with E-state index in [4.69, 9.17) is 15.9 Å². The predicted octanol–water partition coefficient (Wildman–Crippen LogP) is -0.902. The molecule has 5 atom stereocenters. The van der Waals surface area contributed by atoms with Gasteiger partial charge in [0.05, 0.1) is 5.92 Å². The zero-order valence-corrected chi connectivity index (χ0v) is 10.4. The number of hydrogen-bond acceptors (Lipinski definition) is 5. The highest BCUT2D eigenvalue weighted by Crippen LogP contribution is 2.57. The monoisotopic (exact) mass is 281 g/mol. The Labute approximate surface area is 103 Å². The normalized spacial score (nSPS) is 29.1. The highest BCUT2D eigenvalue weighted by Gasteiger charge is 2.53. The van der Waals surface area contributed by atoms with Gasteiger partial charge in [0, 0.05) is 12.1 Å². The molecule has 6 N–H and O–H groups in total. The lowest BCUT2D eigenvalue weighted by molar-refractivity contribution is -0.139. The summed E-state index contributed by atoms with van der Waals surface area (Å²) in [5.74, 6) is -5.56. The van der Waals surface area contributed by atoms with Gasteiger partial charge in [-0.1, -0.05) is 0 Å². The van der Waals surface area contributed by atoms with Crippen molar-refractivity contribution < 1.29 is 34.4 Å². The molecule has 0 spiro atoms. The molecule has 1 aliphatic rings. The van der Waals surface area contributed by atoms with Gasteiger partial charge in [0.25, 0.3) is 0 Å². The molecular formula is C9H16NO7P. The van der Waals surface area contributed by atoms with E-state index >= 15 is 0 Å². The maximum atomic E-state index is 11.8. The van der Waals surface area contributed by atoms with Crippen molar-refractivity contribution in [2.24, 2.45) is 17.6 Å². The van der Waals surface area contributed by atoms with Crippen molar-refractivity contribution in [2.45, 2.75) is 24.7 Å². The molecule has 1 saturated carbocycles. The zero-order valence-electron chi connectivity index (χ0n) is 9.47. The van der Waals surface area contributed by atoms with Gasteiger partial charge in [-0.05, 0) is 12.8 Å². The Morgan fingerprint density at radius 1 is 1.39 bits per heavy atom. The number of carboxylic acids is 2. The Morgan fingerprint density at radius 3 is 2.33 bits per heavy atom. The van der Waals surface area contributed by atoms with Gasteiger partial charge in [-0.15, -0.1) is 0 Å². The molecule has 0 aliphatic heterocycles. The average Bonchev–Trinajstić information content (AvgIpc) is 3.04. The lowest BCUT2D eigenvalue weighted by atomic mass is 10.2. The number of aliphatic hydroxyl groups is 1. The van der Waals surface area contributed by atoms with Crippen molar-refractivity contribution >= 4 is 19.3 Å². The van der Waals surface area contributed by atoms with Gasteiger partial charge in [0.15, 0.2) is 0 Å². The summed E-state index contributed by atoms with van der Waals surface area (Å²) in [6.45, 7) is 0. The van der Waals surface area contributed by atoms with Crippen molar-refractivity contribution in [3.05, 3.63) is 0 Å². The molecule has 0 bridgehead atoms. The minimum absolute atomic E-state index is 0.159. The molecule has 18 heavy (non-hydrogen) atoms. The lowest BCUT2D eigenvalue weighted by Crippen LogP contribution is -2.31. The molecule has 0 aromatic carbocycles. The molecule has 3 unspecified atom stereocenters. The van der Waals surface area contributed by atoms with E-state index in [1.807, 2.05) is 0 Å². The third kappa shape index (κ3) is 3.52. The van der Waals surface area contributed by atoms with Crippen molar-refractivity contribution in [1.29, 1.82) is 0 Å². The van der Waals surface area contributed by atoms with Crippen LogP contribution >= 0.6 is 7.37 Å². The molecule has 1 aliphatic carbocycles. The van der Waals surface area contributed by atoms with Gasteiger partial charge in [0.2, 0.25) is 7.37 Å². The smallest absolute Gasteiger partial charge is 0.320 e. The van der Waals surface area contributed by atoms with E-state index < -0.39 is 49.2 Å². The maximum Gasteiger partial charge on any atom is 0.320 e. The fraction of sp³-hybridized carbons (Fsp3) is 0.778. The highest BCUT2D eigenvalue weighted by atomic mass is 31.2. The predicted molar refractivity (Wildman–Crippen MR) is 60.2 cm³/mol. The quantitative estimate of drug-likeness (QED) is 0.375. The Hall–Kier alpha value is -0.950. The van der Waals surface area contributed by atoms with Crippen LogP contribution in [0.1, 0.15) is 12.8 Å². The van der Waals surface area contributed by atoms with E-state index in [2.05, 4.69) is 0 Å². The third-order valence-corrected chi connectivity index (χ3v) is 5.14. The first kappa shape index (κ1) is 15.1. The van der Waals surface area contributed by atoms with Crippen LogP contribution in [-0.4, -0.2) is 50.2 Å². The number of rotatable bonds is 7. The molecule has 0 saturated heterocycles. The summed E-state index contributed by atoms with van der Waals surface area (Å²) in [7, 11) is -4.00. The fourth-order valence-corrected chi connectivity index (χ4v) is 3.55. The third-order valence-electron chi connectivity index (χ3n) is 3.03. The number of aliphatic hydroxyl groups excluding tert-OH is 1. The van der Waals surface area contributed by atoms with Crippen LogP contribution in [0, 0.1) is 11.8 Å². The zero-order chi connectivity index (χ0) is 14.1. The number of carbonyl (C=O) groups is 2. The Bertz CT molecular complexity index is 398. The summed E-state index contributed by atoms with van der Waals surface area (Å²) in [6.07, 6.45) is -0.527. The van der Waals surface area contributed by atoms with E-state index in [1.165, 1.54) is 0 Å². The number of aliphatic carboxylic acids is 2. The standard InChI is InChI=1S/C9H16NO7P/c10-6(8(13)14)1-2-18(16,17)9(15)5-3-4(5)7(11)12/h4-6,9,15H,1-3,10H2,(H,11,12)(H,13,14)(H,16,17)/t4?,5?,6-,9+/m0/s1. The molecular weight excluding hydrogens is 265 g/mol. The van der Waals surface area contributed by atoms with Crippen molar-refractivity contribution in [3.8, 4) is 0 Å². The molecule has 0 amide bonds. The highest BCUT2D eigenvalue weighted by molar-refractivity contribution is 7.58. The van der Waals surface area contributed by atoms with Gasteiger partial charge in [0.1, 0.15) is 11.9 Å². The Kier molecular flexibility index (Phi) is 4.50. The molecule has 0 aromatic heterocycles. The summed E-state index contributed by atoms with van der Waals surface area (Å²) in [6, 6.07) is -1.27. The Balaban J connectivity index is 2.51. The minimum atomic E-state index is -4.00. The van der Waals surface area contributed by atoms with Crippen LogP contribution in [0.3, 0.4) is 0 Å². The first-order valence-electron chi connectivity index (χ1n) is 5.37. The second-order valence-corrected chi connectivity index (χ2v) is 6.96. The topological polar surface area (TPSA) is 158 Å². The summed E-state index contributed by atoms with van der Waals surface area (Å²) < 4.78 is 11.8. The van der Waals surface area contributed by atoms with Crippen LogP contribution in [0.2, 0.25) is 0 Å². The van der Waals surface area contributed by atoms with E-state index in [1.54, 1.807) is 0 Å². The first-order chi connectivity index (χ1) is 8.16. The number of nitrogens with two attached hydrogens (primary N) is 1. The van der Waals surface area contributed by atoms with E-state index in [-0.39, 0.29) is 12.8 Å². The van der Waals surface area contributed by atoms with Gasteiger partial charge in [-0.25, -0.2) is 0 Å².